The standard InChI is InChI=1S/C64H124O14/c1-3-5-7-9-11-13-15-17-19-21-23-25-26-27-29-31-33-35-37-39-41-43-45-47-56(66)76-53(50-73-48-46-44-42-40-38-36-34-32-30-28-24-22-20-18-16-14-12-10-8-6-4-2)51-74-63-62(72)60(70)58(68)55(78-63)52-75-64-61(71)59(69)57(67)54(49-65)77-64/h53-55,57-65,67-72H,3-52H2,1-2H3. The molecule has 2 heterocycles. The smallest absolute Gasteiger partial charge is 0.306 e. The largest absolute Gasteiger partial charge is 0.457 e. The summed E-state index contributed by atoms with van der Waals surface area (Å²) in [7, 11) is 0. The molecule has 0 aromatic carbocycles. The lowest BCUT2D eigenvalue weighted by molar-refractivity contribution is -0.332. The van der Waals surface area contributed by atoms with Crippen molar-refractivity contribution in [1.82, 2.24) is 0 Å². The molecule has 11 unspecified atom stereocenters. The third-order valence-corrected chi connectivity index (χ3v) is 16.4. The SMILES string of the molecule is CCCCCCCCCCCCCCCCCCCCCCCCCC(=O)OC(COCCCCCCCCCCCCCCCCCCCCCCC)COC1OC(COC2OC(CO)C(O)C(O)C2O)C(O)C(O)C1O. The van der Waals surface area contributed by atoms with Gasteiger partial charge in [0, 0.05) is 13.0 Å². The summed E-state index contributed by atoms with van der Waals surface area (Å²) in [5.41, 5.74) is 0. The first-order chi connectivity index (χ1) is 38.1. The van der Waals surface area contributed by atoms with Gasteiger partial charge in [0.1, 0.15) is 54.9 Å². The van der Waals surface area contributed by atoms with Crippen LogP contribution in [-0.2, 0) is 33.2 Å². The van der Waals surface area contributed by atoms with E-state index < -0.39 is 80.7 Å². The molecule has 0 aromatic rings. The molecule has 14 heteroatoms. The zero-order valence-corrected chi connectivity index (χ0v) is 50.2. The summed E-state index contributed by atoms with van der Waals surface area (Å²) >= 11 is 0. The maximum Gasteiger partial charge on any atom is 0.306 e. The van der Waals surface area contributed by atoms with E-state index in [2.05, 4.69) is 13.8 Å². The average Bonchev–Trinajstić information content (AvgIpc) is 3.44. The first kappa shape index (κ1) is 73.1. The summed E-state index contributed by atoms with van der Waals surface area (Å²) in [5, 5.41) is 72.5. The molecule has 0 aliphatic carbocycles. The van der Waals surface area contributed by atoms with Crippen molar-refractivity contribution >= 4 is 5.97 Å². The number of unbranched alkanes of at least 4 members (excludes halogenated alkanes) is 42. The highest BCUT2D eigenvalue weighted by Gasteiger charge is 2.47. The Hall–Kier alpha value is -1.01. The topological polar surface area (TPSA) is 214 Å². The van der Waals surface area contributed by atoms with Crippen molar-refractivity contribution in [3.05, 3.63) is 0 Å². The Bertz CT molecular complexity index is 1300. The van der Waals surface area contributed by atoms with Gasteiger partial charge in [-0.2, -0.15) is 0 Å². The third kappa shape index (κ3) is 37.2. The lowest BCUT2D eigenvalue weighted by Gasteiger charge is -2.42. The summed E-state index contributed by atoms with van der Waals surface area (Å²) in [6, 6.07) is 0. The van der Waals surface area contributed by atoms with Crippen molar-refractivity contribution in [1.29, 1.82) is 0 Å². The molecule has 0 radical (unpaired) electrons. The highest BCUT2D eigenvalue weighted by Crippen LogP contribution is 2.27. The van der Waals surface area contributed by atoms with Gasteiger partial charge in [-0.25, -0.2) is 0 Å². The summed E-state index contributed by atoms with van der Waals surface area (Å²) in [4.78, 5) is 13.1. The number of ether oxygens (including phenoxy) is 6. The molecule has 2 fully saturated rings. The van der Waals surface area contributed by atoms with Crippen LogP contribution in [0.3, 0.4) is 0 Å². The monoisotopic (exact) mass is 1120 g/mol. The minimum Gasteiger partial charge on any atom is -0.457 e. The molecule has 2 rings (SSSR count). The van der Waals surface area contributed by atoms with Crippen molar-refractivity contribution in [2.45, 2.75) is 370 Å². The van der Waals surface area contributed by atoms with Crippen LogP contribution in [0.2, 0.25) is 0 Å². The van der Waals surface area contributed by atoms with E-state index in [1.165, 1.54) is 238 Å². The molecule has 2 saturated heterocycles. The van der Waals surface area contributed by atoms with E-state index in [-0.39, 0.29) is 25.6 Å². The summed E-state index contributed by atoms with van der Waals surface area (Å²) < 4.78 is 34.5. The average molecular weight is 1120 g/mol. The Kier molecular flexibility index (Phi) is 48.4. The van der Waals surface area contributed by atoms with Gasteiger partial charge in [-0.1, -0.05) is 284 Å². The quantitative estimate of drug-likeness (QED) is 0.0223. The second-order valence-corrected chi connectivity index (χ2v) is 23.7. The zero-order valence-electron chi connectivity index (χ0n) is 50.2. The predicted molar refractivity (Wildman–Crippen MR) is 312 cm³/mol. The van der Waals surface area contributed by atoms with E-state index >= 15 is 0 Å². The lowest BCUT2D eigenvalue weighted by Crippen LogP contribution is -2.61. The van der Waals surface area contributed by atoms with E-state index in [0.29, 0.717) is 6.61 Å². The molecule has 0 bridgehead atoms. The summed E-state index contributed by atoms with van der Waals surface area (Å²) in [6.45, 7) is 3.79. The number of carbonyl (C=O) groups is 1. The van der Waals surface area contributed by atoms with Crippen LogP contribution in [0.15, 0.2) is 0 Å². The van der Waals surface area contributed by atoms with Gasteiger partial charge in [-0.3, -0.25) is 4.79 Å². The van der Waals surface area contributed by atoms with Crippen LogP contribution in [0.5, 0.6) is 0 Å². The van der Waals surface area contributed by atoms with E-state index in [4.69, 9.17) is 28.4 Å². The Morgan fingerprint density at radius 1 is 0.372 bits per heavy atom. The minimum absolute atomic E-state index is 0.0714. The normalized spacial score (nSPS) is 24.0. The van der Waals surface area contributed by atoms with Gasteiger partial charge in [-0.05, 0) is 12.8 Å². The molecule has 0 spiro atoms. The van der Waals surface area contributed by atoms with Crippen LogP contribution in [-0.4, -0.2) is 142 Å². The zero-order chi connectivity index (χ0) is 56.5. The maximum absolute atomic E-state index is 13.1. The highest BCUT2D eigenvalue weighted by atomic mass is 16.7. The van der Waals surface area contributed by atoms with Crippen LogP contribution in [0.1, 0.15) is 303 Å². The van der Waals surface area contributed by atoms with Crippen molar-refractivity contribution < 1.29 is 69.0 Å². The van der Waals surface area contributed by atoms with Gasteiger partial charge in [0.05, 0.1) is 26.4 Å². The van der Waals surface area contributed by atoms with Gasteiger partial charge in [0.25, 0.3) is 0 Å². The molecule has 78 heavy (non-hydrogen) atoms. The lowest BCUT2D eigenvalue weighted by atomic mass is 9.98. The number of hydrogen-bond acceptors (Lipinski definition) is 14. The van der Waals surface area contributed by atoms with Crippen molar-refractivity contribution in [2.24, 2.45) is 0 Å². The number of aliphatic hydroxyl groups is 7. The van der Waals surface area contributed by atoms with Crippen molar-refractivity contribution in [3.8, 4) is 0 Å². The molecular formula is C64H124O14. The number of esters is 1. The fraction of sp³-hybridized carbons (Fsp3) is 0.984. The number of aliphatic hydroxyl groups excluding tert-OH is 7. The molecule has 0 saturated carbocycles. The molecule has 7 N–H and O–H groups in total. The molecule has 11 atom stereocenters. The van der Waals surface area contributed by atoms with Gasteiger partial charge < -0.3 is 64.2 Å². The van der Waals surface area contributed by atoms with E-state index in [9.17, 15) is 40.5 Å². The third-order valence-electron chi connectivity index (χ3n) is 16.4. The second-order valence-electron chi connectivity index (χ2n) is 23.7. The van der Waals surface area contributed by atoms with Crippen LogP contribution >= 0.6 is 0 Å². The van der Waals surface area contributed by atoms with Crippen LogP contribution < -0.4 is 0 Å². The van der Waals surface area contributed by atoms with Crippen LogP contribution in [0.4, 0.5) is 0 Å². The summed E-state index contributed by atoms with van der Waals surface area (Å²) in [5.74, 6) is -0.365. The minimum atomic E-state index is -1.70. The van der Waals surface area contributed by atoms with Crippen molar-refractivity contribution in [2.75, 3.05) is 33.0 Å². The predicted octanol–water partition coefficient (Wildman–Crippen LogP) is 13.1. The Morgan fingerprint density at radius 2 is 0.679 bits per heavy atom. The highest BCUT2D eigenvalue weighted by molar-refractivity contribution is 5.69. The molecule has 2 aliphatic rings. The molecule has 0 aromatic heterocycles. The van der Waals surface area contributed by atoms with Gasteiger partial charge in [-0.15, -0.1) is 0 Å². The van der Waals surface area contributed by atoms with E-state index in [1.54, 1.807) is 0 Å². The molecule has 0 amide bonds. The number of rotatable bonds is 56. The Balaban J connectivity index is 1.65. The Morgan fingerprint density at radius 3 is 1.04 bits per heavy atom. The first-order valence-corrected chi connectivity index (χ1v) is 33.1. The first-order valence-electron chi connectivity index (χ1n) is 33.1. The van der Waals surface area contributed by atoms with Crippen LogP contribution in [0, 0.1) is 0 Å². The fourth-order valence-corrected chi connectivity index (χ4v) is 11.1. The Labute approximate surface area is 476 Å². The fourth-order valence-electron chi connectivity index (χ4n) is 11.1. The van der Waals surface area contributed by atoms with Crippen molar-refractivity contribution in [3.63, 3.8) is 0 Å². The molecular weight excluding hydrogens is 993 g/mol. The van der Waals surface area contributed by atoms with E-state index in [1.807, 2.05) is 0 Å². The second kappa shape index (κ2) is 51.6. The van der Waals surface area contributed by atoms with Gasteiger partial charge >= 0.3 is 5.97 Å². The maximum atomic E-state index is 13.1. The molecule has 2 aliphatic heterocycles. The van der Waals surface area contributed by atoms with E-state index in [0.717, 1.165) is 44.9 Å². The van der Waals surface area contributed by atoms with Crippen LogP contribution in [0.25, 0.3) is 0 Å². The molecule has 464 valence electrons. The number of hydrogen-bond donors (Lipinski definition) is 7. The molecule has 14 nitrogen and oxygen atoms in total. The van der Waals surface area contributed by atoms with Gasteiger partial charge in [0.2, 0.25) is 0 Å². The summed E-state index contributed by atoms with van der Waals surface area (Å²) in [6.07, 6.45) is 41.7. The van der Waals surface area contributed by atoms with Gasteiger partial charge in [0.15, 0.2) is 12.6 Å². The number of carbonyl (C=O) groups excluding carboxylic acids is 1.